The van der Waals surface area contributed by atoms with Gasteiger partial charge in [0.1, 0.15) is 5.75 Å². The van der Waals surface area contributed by atoms with Crippen molar-refractivity contribution in [3.63, 3.8) is 0 Å². The molecule has 0 saturated carbocycles. The Morgan fingerprint density at radius 1 is 1.35 bits per heavy atom. The van der Waals surface area contributed by atoms with Crippen molar-refractivity contribution in [2.45, 2.75) is 37.0 Å². The minimum Gasteiger partial charge on any atom is -0.492 e. The molecule has 2 nitrogen and oxygen atoms in total. The minimum absolute atomic E-state index is 0.144. The average molecular weight is 310 g/mol. The van der Waals surface area contributed by atoms with Gasteiger partial charge in [-0.1, -0.05) is 13.8 Å². The first kappa shape index (κ1) is 14.6. The lowest BCUT2D eigenvalue weighted by molar-refractivity contribution is 0.291. The van der Waals surface area contributed by atoms with Gasteiger partial charge in [0.15, 0.2) is 0 Å². The molecule has 0 bridgehead atoms. The van der Waals surface area contributed by atoms with Crippen molar-refractivity contribution in [1.29, 1.82) is 0 Å². The molecule has 1 fully saturated rings. The van der Waals surface area contributed by atoms with Crippen molar-refractivity contribution >= 4 is 24.6 Å². The van der Waals surface area contributed by atoms with Gasteiger partial charge in [-0.3, -0.25) is 0 Å². The van der Waals surface area contributed by atoms with E-state index < -0.39 is 0 Å². The second kappa shape index (κ2) is 5.82. The fraction of sp³-hybridized carbons (Fsp3) is 0.625. The molecule has 0 atom stereocenters. The number of thiol groups is 1. The second-order valence-electron chi connectivity index (χ2n) is 6.48. The first-order valence-corrected chi connectivity index (χ1v) is 8.80. The monoisotopic (exact) mass is 309 g/mol. The lowest BCUT2D eigenvalue weighted by atomic mass is 9.87. The van der Waals surface area contributed by atoms with Crippen molar-refractivity contribution in [2.24, 2.45) is 5.92 Å². The SMILES string of the molecule is CC1(C)COc2ccc(SN3CCC(CS)CC3)cc21. The molecule has 2 aliphatic heterocycles. The summed E-state index contributed by atoms with van der Waals surface area (Å²) in [4.78, 5) is 1.34. The van der Waals surface area contributed by atoms with E-state index in [1.165, 1.54) is 36.4 Å². The molecule has 2 heterocycles. The van der Waals surface area contributed by atoms with E-state index in [9.17, 15) is 0 Å². The van der Waals surface area contributed by atoms with E-state index in [0.717, 1.165) is 24.0 Å². The van der Waals surface area contributed by atoms with Gasteiger partial charge in [-0.2, -0.15) is 12.6 Å². The summed E-state index contributed by atoms with van der Waals surface area (Å²) in [6, 6.07) is 6.64. The lowest BCUT2D eigenvalue weighted by Crippen LogP contribution is -2.29. The molecule has 1 aromatic rings. The first-order valence-electron chi connectivity index (χ1n) is 7.39. The molecular formula is C16H23NOS2. The molecule has 4 heteroatoms. The smallest absolute Gasteiger partial charge is 0.123 e. The highest BCUT2D eigenvalue weighted by atomic mass is 32.2. The molecule has 110 valence electrons. The topological polar surface area (TPSA) is 12.5 Å². The minimum atomic E-state index is 0.144. The summed E-state index contributed by atoms with van der Waals surface area (Å²) in [5.41, 5.74) is 1.50. The maximum atomic E-state index is 5.76. The van der Waals surface area contributed by atoms with Gasteiger partial charge in [-0.15, -0.1) is 0 Å². The average Bonchev–Trinajstić information content (AvgIpc) is 2.75. The maximum absolute atomic E-state index is 5.76. The summed E-state index contributed by atoms with van der Waals surface area (Å²) in [6.45, 7) is 7.65. The molecule has 1 aromatic carbocycles. The van der Waals surface area contributed by atoms with E-state index in [2.05, 4.69) is 49.0 Å². The first-order chi connectivity index (χ1) is 9.58. The molecule has 0 radical (unpaired) electrons. The normalized spacial score (nSPS) is 22.6. The molecule has 0 N–H and O–H groups in total. The number of fused-ring (bicyclic) bond motifs is 1. The summed E-state index contributed by atoms with van der Waals surface area (Å²) in [7, 11) is 0. The summed E-state index contributed by atoms with van der Waals surface area (Å²) < 4.78 is 8.25. The number of piperidine rings is 1. The third-order valence-electron chi connectivity index (χ3n) is 4.33. The molecule has 0 spiro atoms. The van der Waals surface area contributed by atoms with Crippen LogP contribution < -0.4 is 4.74 Å². The molecular weight excluding hydrogens is 286 g/mol. The van der Waals surface area contributed by atoms with Gasteiger partial charge in [0.2, 0.25) is 0 Å². The van der Waals surface area contributed by atoms with Crippen molar-refractivity contribution in [3.8, 4) is 5.75 Å². The summed E-state index contributed by atoms with van der Waals surface area (Å²) in [5.74, 6) is 2.90. The third kappa shape index (κ3) is 2.97. The quantitative estimate of drug-likeness (QED) is 0.669. The van der Waals surface area contributed by atoms with Crippen LogP contribution >= 0.6 is 24.6 Å². The van der Waals surface area contributed by atoms with Crippen LogP contribution in [0.3, 0.4) is 0 Å². The molecule has 2 aliphatic rings. The zero-order valence-electron chi connectivity index (χ0n) is 12.3. The Labute approximate surface area is 131 Å². The number of hydrogen-bond acceptors (Lipinski definition) is 4. The van der Waals surface area contributed by atoms with Gasteiger partial charge in [0.05, 0.1) is 6.61 Å². The molecule has 3 rings (SSSR count). The Morgan fingerprint density at radius 3 is 2.80 bits per heavy atom. The van der Waals surface area contributed by atoms with Gasteiger partial charge < -0.3 is 4.74 Å². The number of hydrogen-bond donors (Lipinski definition) is 1. The van der Waals surface area contributed by atoms with Crippen molar-refractivity contribution in [2.75, 3.05) is 25.4 Å². The van der Waals surface area contributed by atoms with Crippen molar-refractivity contribution < 1.29 is 4.74 Å². The number of benzene rings is 1. The zero-order chi connectivity index (χ0) is 14.2. The Morgan fingerprint density at radius 2 is 2.10 bits per heavy atom. The second-order valence-corrected chi connectivity index (χ2v) is 8.01. The summed E-state index contributed by atoms with van der Waals surface area (Å²) in [6.07, 6.45) is 2.55. The Kier molecular flexibility index (Phi) is 4.25. The van der Waals surface area contributed by atoms with Gasteiger partial charge in [0, 0.05) is 29.0 Å². The van der Waals surface area contributed by atoms with Gasteiger partial charge in [-0.25, -0.2) is 4.31 Å². The van der Waals surface area contributed by atoms with E-state index in [0.29, 0.717) is 0 Å². The van der Waals surface area contributed by atoms with E-state index in [1.807, 2.05) is 11.9 Å². The molecule has 0 amide bonds. The highest BCUT2D eigenvalue weighted by molar-refractivity contribution is 7.97. The van der Waals surface area contributed by atoms with Crippen LogP contribution in [-0.2, 0) is 5.41 Å². The highest BCUT2D eigenvalue weighted by Crippen LogP contribution is 2.41. The molecule has 0 unspecified atom stereocenters. The Hall–Kier alpha value is -0.320. The van der Waals surface area contributed by atoms with E-state index >= 15 is 0 Å². The van der Waals surface area contributed by atoms with Crippen LogP contribution in [-0.4, -0.2) is 29.8 Å². The van der Waals surface area contributed by atoms with Gasteiger partial charge in [0.25, 0.3) is 0 Å². The zero-order valence-corrected chi connectivity index (χ0v) is 14.0. The predicted octanol–water partition coefficient (Wildman–Crippen LogP) is 4.01. The maximum Gasteiger partial charge on any atom is 0.123 e. The highest BCUT2D eigenvalue weighted by Gasteiger charge is 2.32. The largest absolute Gasteiger partial charge is 0.492 e. The third-order valence-corrected chi connectivity index (χ3v) is 5.94. The van der Waals surface area contributed by atoms with Crippen LogP contribution in [0, 0.1) is 5.92 Å². The van der Waals surface area contributed by atoms with Crippen LogP contribution in [0.1, 0.15) is 32.3 Å². The predicted molar refractivity (Wildman–Crippen MR) is 89.0 cm³/mol. The van der Waals surface area contributed by atoms with Crippen LogP contribution in [0.5, 0.6) is 5.75 Å². The number of ether oxygens (including phenoxy) is 1. The molecule has 1 saturated heterocycles. The Balaban J connectivity index is 1.67. The van der Waals surface area contributed by atoms with Gasteiger partial charge >= 0.3 is 0 Å². The fourth-order valence-corrected chi connectivity index (χ4v) is 4.24. The van der Waals surface area contributed by atoms with E-state index in [4.69, 9.17) is 4.74 Å². The van der Waals surface area contributed by atoms with Crippen molar-refractivity contribution in [3.05, 3.63) is 23.8 Å². The molecule has 0 aliphatic carbocycles. The van der Waals surface area contributed by atoms with E-state index in [-0.39, 0.29) is 5.41 Å². The van der Waals surface area contributed by atoms with Crippen LogP contribution in [0.4, 0.5) is 0 Å². The summed E-state index contributed by atoms with van der Waals surface area (Å²) >= 11 is 6.31. The number of nitrogens with zero attached hydrogens (tertiary/aromatic N) is 1. The van der Waals surface area contributed by atoms with Crippen LogP contribution in [0.25, 0.3) is 0 Å². The standard InChI is InChI=1S/C16H23NOS2/c1-16(2)11-18-15-4-3-13(9-14(15)16)20-17-7-5-12(10-19)6-8-17/h3-4,9,12,19H,5-8,10-11H2,1-2H3. The number of rotatable bonds is 3. The lowest BCUT2D eigenvalue weighted by Gasteiger charge is -2.30. The summed E-state index contributed by atoms with van der Waals surface area (Å²) in [5, 5.41) is 0. The fourth-order valence-electron chi connectivity index (χ4n) is 2.89. The molecule has 20 heavy (non-hydrogen) atoms. The Bertz CT molecular complexity index is 481. The molecule has 0 aromatic heterocycles. The van der Waals surface area contributed by atoms with Crippen LogP contribution in [0.2, 0.25) is 0 Å². The van der Waals surface area contributed by atoms with Crippen molar-refractivity contribution in [1.82, 2.24) is 4.31 Å². The van der Waals surface area contributed by atoms with Crippen LogP contribution in [0.15, 0.2) is 23.1 Å². The van der Waals surface area contributed by atoms with Gasteiger partial charge in [-0.05, 0) is 54.7 Å². The van der Waals surface area contributed by atoms with E-state index in [1.54, 1.807) is 0 Å².